The molecule has 2 aliphatic rings. The van der Waals surface area contributed by atoms with Crippen LogP contribution < -0.4 is 0 Å². The number of hydrogen-bond acceptors (Lipinski definition) is 3. The summed E-state index contributed by atoms with van der Waals surface area (Å²) >= 11 is 0. The zero-order valence-electron chi connectivity index (χ0n) is 16.4. The standard InChI is InChI=1S/C23H28FN3O/c1-17(28)27-12-4-2-3-10-22-23(27)21(19-8-5-9-20(24)13-19)16-26(22)15-18-7-6-11-25-14-18/h5-9,11,13-14,21-23H,2-4,10,12,15-16H2,1H3/t21-,22+,23-/m0/s1. The van der Waals surface area contributed by atoms with E-state index in [9.17, 15) is 9.18 Å². The Morgan fingerprint density at radius 1 is 1.21 bits per heavy atom. The van der Waals surface area contributed by atoms with Gasteiger partial charge in [-0.2, -0.15) is 0 Å². The van der Waals surface area contributed by atoms with Crippen LogP contribution in [0.25, 0.3) is 0 Å². The Morgan fingerprint density at radius 3 is 2.86 bits per heavy atom. The summed E-state index contributed by atoms with van der Waals surface area (Å²) in [6.07, 6.45) is 8.14. The Balaban J connectivity index is 1.70. The second kappa shape index (κ2) is 8.39. The summed E-state index contributed by atoms with van der Waals surface area (Å²) in [5.74, 6) is 0.0425. The van der Waals surface area contributed by atoms with Gasteiger partial charge in [-0.15, -0.1) is 0 Å². The van der Waals surface area contributed by atoms with Gasteiger partial charge < -0.3 is 4.90 Å². The number of carbonyl (C=O) groups excluding carboxylic acids is 1. The minimum Gasteiger partial charge on any atom is -0.338 e. The topological polar surface area (TPSA) is 36.4 Å². The summed E-state index contributed by atoms with van der Waals surface area (Å²) in [5.41, 5.74) is 2.17. The molecule has 3 atom stereocenters. The number of amides is 1. The number of benzene rings is 1. The third kappa shape index (κ3) is 3.95. The fourth-order valence-corrected chi connectivity index (χ4v) is 5.04. The first-order valence-electron chi connectivity index (χ1n) is 10.3. The molecule has 0 saturated carbocycles. The number of fused-ring (bicyclic) bond motifs is 1. The van der Waals surface area contributed by atoms with Crippen LogP contribution in [0.4, 0.5) is 4.39 Å². The van der Waals surface area contributed by atoms with E-state index in [2.05, 4.69) is 20.9 Å². The molecule has 1 aromatic carbocycles. The number of likely N-dealkylation sites (tertiary alicyclic amines) is 2. The van der Waals surface area contributed by atoms with Crippen molar-refractivity contribution in [2.45, 2.75) is 57.2 Å². The zero-order valence-corrected chi connectivity index (χ0v) is 16.4. The van der Waals surface area contributed by atoms with E-state index < -0.39 is 0 Å². The summed E-state index contributed by atoms with van der Waals surface area (Å²) in [6.45, 7) is 4.11. The Bertz CT molecular complexity index is 813. The van der Waals surface area contributed by atoms with Gasteiger partial charge in [0.1, 0.15) is 5.82 Å². The lowest BCUT2D eigenvalue weighted by Crippen LogP contribution is -2.50. The average Bonchev–Trinajstić information content (AvgIpc) is 2.99. The first kappa shape index (κ1) is 19.1. The van der Waals surface area contributed by atoms with Crippen LogP contribution in [0.3, 0.4) is 0 Å². The Labute approximate surface area is 166 Å². The largest absolute Gasteiger partial charge is 0.338 e. The lowest BCUT2D eigenvalue weighted by molar-refractivity contribution is -0.132. The van der Waals surface area contributed by atoms with E-state index in [1.807, 2.05) is 18.3 Å². The molecule has 0 bridgehead atoms. The number of carbonyl (C=O) groups is 1. The van der Waals surface area contributed by atoms with Crippen LogP contribution >= 0.6 is 0 Å². The lowest BCUT2D eigenvalue weighted by Gasteiger charge is -2.39. The SMILES string of the molecule is CC(=O)N1CCCCC[C@@H]2[C@@H]1[C@H](c1cccc(F)c1)CN2Cc1cccnc1. The summed E-state index contributed by atoms with van der Waals surface area (Å²) in [5, 5.41) is 0. The molecule has 0 radical (unpaired) electrons. The van der Waals surface area contributed by atoms with Gasteiger partial charge in [0.2, 0.25) is 5.91 Å². The van der Waals surface area contributed by atoms with Crippen molar-refractivity contribution >= 4 is 5.91 Å². The second-order valence-electron chi connectivity index (χ2n) is 8.07. The van der Waals surface area contributed by atoms with E-state index >= 15 is 0 Å². The normalized spacial score (nSPS) is 25.8. The number of aromatic nitrogens is 1. The molecular formula is C23H28FN3O. The second-order valence-corrected chi connectivity index (χ2v) is 8.07. The Kier molecular flexibility index (Phi) is 5.72. The quantitative estimate of drug-likeness (QED) is 0.807. The number of pyridine rings is 1. The molecule has 2 aromatic rings. The zero-order chi connectivity index (χ0) is 19.5. The third-order valence-electron chi connectivity index (χ3n) is 6.26. The predicted octanol–water partition coefficient (Wildman–Crippen LogP) is 3.98. The number of nitrogens with zero attached hydrogens (tertiary/aromatic N) is 3. The van der Waals surface area contributed by atoms with Gasteiger partial charge in [-0.25, -0.2) is 4.39 Å². The van der Waals surface area contributed by atoms with Crippen LogP contribution in [-0.4, -0.2) is 45.9 Å². The monoisotopic (exact) mass is 381 g/mol. The Morgan fingerprint density at radius 2 is 2.11 bits per heavy atom. The number of halogens is 1. The van der Waals surface area contributed by atoms with E-state index in [1.165, 1.54) is 18.1 Å². The molecule has 4 nitrogen and oxygen atoms in total. The summed E-state index contributed by atoms with van der Waals surface area (Å²) in [4.78, 5) is 21.3. The highest BCUT2D eigenvalue weighted by Crippen LogP contribution is 2.40. The molecule has 5 heteroatoms. The molecule has 0 aliphatic carbocycles. The van der Waals surface area contributed by atoms with Gasteiger partial charge in [0.25, 0.3) is 0 Å². The molecule has 148 valence electrons. The van der Waals surface area contributed by atoms with Gasteiger partial charge in [-0.3, -0.25) is 14.7 Å². The maximum Gasteiger partial charge on any atom is 0.219 e. The highest BCUT2D eigenvalue weighted by atomic mass is 19.1. The molecule has 1 amide bonds. The van der Waals surface area contributed by atoms with E-state index in [-0.39, 0.29) is 29.7 Å². The van der Waals surface area contributed by atoms with Crippen LogP contribution in [-0.2, 0) is 11.3 Å². The van der Waals surface area contributed by atoms with Crippen molar-refractivity contribution in [1.82, 2.24) is 14.8 Å². The minimum atomic E-state index is -0.208. The first-order chi connectivity index (χ1) is 13.6. The summed E-state index contributed by atoms with van der Waals surface area (Å²) in [6, 6.07) is 11.4. The van der Waals surface area contributed by atoms with Crippen LogP contribution in [0.2, 0.25) is 0 Å². The maximum atomic E-state index is 14.0. The van der Waals surface area contributed by atoms with Crippen molar-refractivity contribution in [3.05, 3.63) is 65.7 Å². The van der Waals surface area contributed by atoms with Crippen LogP contribution in [0.5, 0.6) is 0 Å². The molecule has 28 heavy (non-hydrogen) atoms. The van der Waals surface area contributed by atoms with Gasteiger partial charge >= 0.3 is 0 Å². The molecule has 0 N–H and O–H groups in total. The molecule has 2 fully saturated rings. The van der Waals surface area contributed by atoms with Crippen molar-refractivity contribution in [3.63, 3.8) is 0 Å². The molecule has 0 spiro atoms. The van der Waals surface area contributed by atoms with Gasteiger partial charge in [-0.1, -0.05) is 31.0 Å². The predicted molar refractivity (Wildman–Crippen MR) is 107 cm³/mol. The van der Waals surface area contributed by atoms with Crippen molar-refractivity contribution in [1.29, 1.82) is 0 Å². The van der Waals surface area contributed by atoms with Crippen LogP contribution in [0, 0.1) is 5.82 Å². The molecule has 0 unspecified atom stereocenters. The van der Waals surface area contributed by atoms with Gasteiger partial charge in [-0.05, 0) is 42.2 Å². The van der Waals surface area contributed by atoms with Gasteiger partial charge in [0.05, 0.1) is 6.04 Å². The summed E-state index contributed by atoms with van der Waals surface area (Å²) in [7, 11) is 0. The fourth-order valence-electron chi connectivity index (χ4n) is 5.04. The Hall–Kier alpha value is -2.27. The average molecular weight is 381 g/mol. The minimum absolute atomic E-state index is 0.0938. The molecule has 1 aromatic heterocycles. The third-order valence-corrected chi connectivity index (χ3v) is 6.26. The molecule has 3 heterocycles. The molecule has 2 saturated heterocycles. The van der Waals surface area contributed by atoms with Crippen LogP contribution in [0.1, 0.15) is 49.7 Å². The first-order valence-corrected chi connectivity index (χ1v) is 10.3. The number of rotatable bonds is 3. The molecule has 4 rings (SSSR count). The van der Waals surface area contributed by atoms with Gasteiger partial charge in [0.15, 0.2) is 0 Å². The van der Waals surface area contributed by atoms with Gasteiger partial charge in [0, 0.05) is 50.9 Å². The fraction of sp³-hybridized carbons (Fsp3) is 0.478. The van der Waals surface area contributed by atoms with E-state index in [4.69, 9.17) is 0 Å². The highest BCUT2D eigenvalue weighted by Gasteiger charge is 2.46. The van der Waals surface area contributed by atoms with Crippen molar-refractivity contribution in [2.24, 2.45) is 0 Å². The summed E-state index contributed by atoms with van der Waals surface area (Å²) < 4.78 is 14.0. The lowest BCUT2D eigenvalue weighted by atomic mass is 9.86. The smallest absolute Gasteiger partial charge is 0.219 e. The highest BCUT2D eigenvalue weighted by molar-refractivity contribution is 5.74. The van der Waals surface area contributed by atoms with E-state index in [0.29, 0.717) is 0 Å². The van der Waals surface area contributed by atoms with Crippen LogP contribution in [0.15, 0.2) is 48.8 Å². The molecule has 2 aliphatic heterocycles. The maximum absolute atomic E-state index is 14.0. The molecular weight excluding hydrogens is 353 g/mol. The van der Waals surface area contributed by atoms with Crippen molar-refractivity contribution in [3.8, 4) is 0 Å². The van der Waals surface area contributed by atoms with E-state index in [0.717, 1.165) is 44.5 Å². The van der Waals surface area contributed by atoms with E-state index in [1.54, 1.807) is 25.3 Å². The number of hydrogen-bond donors (Lipinski definition) is 0. The van der Waals surface area contributed by atoms with Crippen molar-refractivity contribution in [2.75, 3.05) is 13.1 Å². The van der Waals surface area contributed by atoms with Crippen molar-refractivity contribution < 1.29 is 9.18 Å².